The monoisotopic (exact) mass is 338 g/mol. The Morgan fingerprint density at radius 2 is 2.17 bits per heavy atom. The second-order valence-electron chi connectivity index (χ2n) is 5.19. The summed E-state index contributed by atoms with van der Waals surface area (Å²) in [4.78, 5) is 30.6. The van der Waals surface area contributed by atoms with E-state index in [9.17, 15) is 9.59 Å². The first-order valence-electron chi connectivity index (χ1n) is 7.68. The van der Waals surface area contributed by atoms with Gasteiger partial charge in [-0.1, -0.05) is 6.92 Å². The first-order valence-corrected chi connectivity index (χ1v) is 8.50. The van der Waals surface area contributed by atoms with Gasteiger partial charge < -0.3 is 9.47 Å². The summed E-state index contributed by atoms with van der Waals surface area (Å²) in [5.74, 6) is 0.438. The van der Waals surface area contributed by atoms with E-state index >= 15 is 0 Å². The molecule has 0 aromatic carbocycles. The van der Waals surface area contributed by atoms with Gasteiger partial charge in [0.05, 0.1) is 19.1 Å². The van der Waals surface area contributed by atoms with Crippen LogP contribution in [0.5, 0.6) is 0 Å². The van der Waals surface area contributed by atoms with Crippen LogP contribution in [0.25, 0.3) is 10.2 Å². The number of fused-ring (bicyclic) bond motifs is 1. The van der Waals surface area contributed by atoms with E-state index in [0.717, 1.165) is 16.1 Å². The Labute approximate surface area is 139 Å². The predicted octanol–water partition coefficient (Wildman–Crippen LogP) is 2.16. The van der Waals surface area contributed by atoms with E-state index in [1.807, 2.05) is 6.07 Å². The number of ether oxygens (including phenoxy) is 2. The first kappa shape index (κ1) is 17.6. The maximum absolute atomic E-state index is 12.8. The normalized spacial score (nSPS) is 11.1. The van der Waals surface area contributed by atoms with Gasteiger partial charge in [0.1, 0.15) is 10.7 Å². The first-order chi connectivity index (χ1) is 11.1. The van der Waals surface area contributed by atoms with Crippen molar-refractivity contribution in [3.63, 3.8) is 0 Å². The lowest BCUT2D eigenvalue weighted by Gasteiger charge is -2.11. The predicted molar refractivity (Wildman–Crippen MR) is 90.1 cm³/mol. The van der Waals surface area contributed by atoms with E-state index in [1.165, 1.54) is 7.11 Å². The van der Waals surface area contributed by atoms with Crippen LogP contribution in [-0.4, -0.2) is 36.3 Å². The lowest BCUT2D eigenvalue weighted by Crippen LogP contribution is -2.26. The Bertz CT molecular complexity index is 735. The smallest absolute Gasteiger partial charge is 0.305 e. The maximum Gasteiger partial charge on any atom is 0.305 e. The van der Waals surface area contributed by atoms with Crippen LogP contribution < -0.4 is 5.56 Å². The van der Waals surface area contributed by atoms with Gasteiger partial charge in [-0.25, -0.2) is 4.98 Å². The number of carbonyl (C=O) groups is 1. The zero-order valence-corrected chi connectivity index (χ0v) is 14.6. The number of rotatable bonds is 8. The van der Waals surface area contributed by atoms with Gasteiger partial charge in [-0.2, -0.15) is 0 Å². The largest absolute Gasteiger partial charge is 0.469 e. The number of hydrogen-bond donors (Lipinski definition) is 0. The lowest BCUT2D eigenvalue weighted by atomic mass is 10.2. The fraction of sp³-hybridized carbons (Fsp3) is 0.562. The summed E-state index contributed by atoms with van der Waals surface area (Å²) < 4.78 is 11.4. The number of methoxy groups -OCH3 is 2. The van der Waals surface area contributed by atoms with Gasteiger partial charge in [0.15, 0.2) is 0 Å². The molecule has 2 aromatic heterocycles. The molecule has 7 heteroatoms. The highest BCUT2D eigenvalue weighted by atomic mass is 32.1. The number of thiophene rings is 1. The van der Waals surface area contributed by atoms with Crippen LogP contribution in [0.2, 0.25) is 0 Å². The van der Waals surface area contributed by atoms with E-state index in [0.29, 0.717) is 37.2 Å². The van der Waals surface area contributed by atoms with Gasteiger partial charge in [0.25, 0.3) is 5.56 Å². The molecule has 0 fully saturated rings. The van der Waals surface area contributed by atoms with Crippen molar-refractivity contribution >= 4 is 27.5 Å². The molecule has 0 aliphatic rings. The van der Waals surface area contributed by atoms with Gasteiger partial charge in [-0.15, -0.1) is 11.3 Å². The van der Waals surface area contributed by atoms with Crippen molar-refractivity contribution in [2.45, 2.75) is 39.2 Å². The number of esters is 1. The summed E-state index contributed by atoms with van der Waals surface area (Å²) in [5, 5.41) is 0.658. The minimum Gasteiger partial charge on any atom is -0.469 e. The van der Waals surface area contributed by atoms with E-state index in [2.05, 4.69) is 16.6 Å². The summed E-state index contributed by atoms with van der Waals surface area (Å²) in [6, 6.07) is 1.92. The molecule has 0 spiro atoms. The molecule has 6 nitrogen and oxygen atoms in total. The van der Waals surface area contributed by atoms with Crippen molar-refractivity contribution in [2.24, 2.45) is 0 Å². The summed E-state index contributed by atoms with van der Waals surface area (Å²) >= 11 is 1.56. The van der Waals surface area contributed by atoms with Crippen LogP contribution in [0.3, 0.4) is 0 Å². The van der Waals surface area contributed by atoms with Gasteiger partial charge in [-0.05, 0) is 18.9 Å². The van der Waals surface area contributed by atoms with Crippen LogP contribution in [-0.2, 0) is 33.7 Å². The number of aromatic nitrogens is 2. The third-order valence-electron chi connectivity index (χ3n) is 3.65. The van der Waals surface area contributed by atoms with Crippen LogP contribution in [0, 0.1) is 0 Å². The fourth-order valence-corrected chi connectivity index (χ4v) is 3.36. The van der Waals surface area contributed by atoms with Crippen molar-refractivity contribution in [3.05, 3.63) is 27.1 Å². The summed E-state index contributed by atoms with van der Waals surface area (Å²) in [6.07, 6.45) is 2.29. The molecule has 126 valence electrons. The molecule has 0 aliphatic heterocycles. The van der Waals surface area contributed by atoms with Crippen LogP contribution in [0.4, 0.5) is 0 Å². The third kappa shape index (κ3) is 4.17. The minimum absolute atomic E-state index is 0.0399. The lowest BCUT2D eigenvalue weighted by molar-refractivity contribution is -0.140. The average Bonchev–Trinajstić information content (AvgIpc) is 2.98. The molecule has 2 heterocycles. The Morgan fingerprint density at radius 1 is 1.39 bits per heavy atom. The molecule has 0 saturated carbocycles. The van der Waals surface area contributed by atoms with Crippen LogP contribution in [0.15, 0.2) is 10.9 Å². The molecule has 0 bridgehead atoms. The highest BCUT2D eigenvalue weighted by Crippen LogP contribution is 2.22. The quantitative estimate of drug-likeness (QED) is 0.690. The van der Waals surface area contributed by atoms with Crippen molar-refractivity contribution in [2.75, 3.05) is 20.8 Å². The molecule has 0 radical (unpaired) electrons. The molecule has 2 rings (SSSR count). The molecular weight excluding hydrogens is 316 g/mol. The fourth-order valence-electron chi connectivity index (χ4n) is 2.38. The van der Waals surface area contributed by atoms with Gasteiger partial charge in [0, 0.05) is 31.4 Å². The Balaban J connectivity index is 2.35. The molecule has 0 atom stereocenters. The minimum atomic E-state index is -0.269. The Hall–Kier alpha value is -1.73. The van der Waals surface area contributed by atoms with Crippen molar-refractivity contribution < 1.29 is 14.3 Å². The number of carbonyl (C=O) groups excluding carboxylic acids is 1. The van der Waals surface area contributed by atoms with Crippen molar-refractivity contribution in [3.8, 4) is 0 Å². The van der Waals surface area contributed by atoms with E-state index < -0.39 is 0 Å². The molecule has 0 N–H and O–H groups in total. The Kier molecular flexibility index (Phi) is 6.29. The highest BCUT2D eigenvalue weighted by Gasteiger charge is 2.14. The van der Waals surface area contributed by atoms with Crippen LogP contribution in [0.1, 0.15) is 30.5 Å². The number of hydrogen-bond acceptors (Lipinski definition) is 6. The van der Waals surface area contributed by atoms with Gasteiger partial charge in [0.2, 0.25) is 0 Å². The van der Waals surface area contributed by atoms with E-state index in [1.54, 1.807) is 23.0 Å². The maximum atomic E-state index is 12.8. The average molecular weight is 338 g/mol. The molecular formula is C16H22N2O4S. The van der Waals surface area contributed by atoms with Crippen molar-refractivity contribution in [1.82, 2.24) is 9.55 Å². The molecule has 0 saturated heterocycles. The zero-order valence-electron chi connectivity index (χ0n) is 13.8. The van der Waals surface area contributed by atoms with E-state index in [4.69, 9.17) is 4.74 Å². The third-order valence-corrected chi connectivity index (χ3v) is 4.82. The molecule has 2 aromatic rings. The van der Waals surface area contributed by atoms with Gasteiger partial charge in [-0.3, -0.25) is 14.2 Å². The molecule has 0 amide bonds. The number of nitrogens with zero attached hydrogens (tertiary/aromatic N) is 2. The number of aryl methyl sites for hydroxylation is 1. The topological polar surface area (TPSA) is 70.4 Å². The standard InChI is InChI=1S/C16H22N2O4S/c1-4-11-10-12-15(23-11)17-13(7-9-21-2)18(16(12)20)8-5-6-14(19)22-3/h10H,4-9H2,1-3H3. The summed E-state index contributed by atoms with van der Waals surface area (Å²) in [7, 11) is 2.99. The van der Waals surface area contributed by atoms with Crippen molar-refractivity contribution in [1.29, 1.82) is 0 Å². The van der Waals surface area contributed by atoms with E-state index in [-0.39, 0.29) is 17.9 Å². The summed E-state index contributed by atoms with van der Waals surface area (Å²) in [5.41, 5.74) is -0.0399. The summed E-state index contributed by atoms with van der Waals surface area (Å²) in [6.45, 7) is 3.01. The van der Waals surface area contributed by atoms with Crippen LogP contribution >= 0.6 is 11.3 Å². The zero-order chi connectivity index (χ0) is 16.8. The molecule has 0 aliphatic carbocycles. The molecule has 23 heavy (non-hydrogen) atoms. The SMILES string of the molecule is CCc1cc2c(=O)n(CCCC(=O)OC)c(CCOC)nc2s1. The second-order valence-corrected chi connectivity index (χ2v) is 6.31. The molecule has 0 unspecified atom stereocenters. The second kappa shape index (κ2) is 8.21. The Morgan fingerprint density at radius 3 is 2.83 bits per heavy atom. The highest BCUT2D eigenvalue weighted by molar-refractivity contribution is 7.18. The van der Waals surface area contributed by atoms with Gasteiger partial charge >= 0.3 is 5.97 Å².